The van der Waals surface area contributed by atoms with Crippen LogP contribution in [0.25, 0.3) is 0 Å². The Hall–Kier alpha value is -1.90. The maximum atomic E-state index is 12.4. The average Bonchev–Trinajstić information content (AvgIpc) is 2.39. The second-order valence-corrected chi connectivity index (χ2v) is 6.46. The van der Waals surface area contributed by atoms with Crippen molar-refractivity contribution >= 4 is 17.2 Å². The fourth-order valence-corrected chi connectivity index (χ4v) is 2.72. The number of benzene rings is 1. The van der Waals surface area contributed by atoms with Gasteiger partial charge in [0.2, 0.25) is 0 Å². The summed E-state index contributed by atoms with van der Waals surface area (Å²) in [4.78, 5) is 17.1. The number of aliphatic imine (C=N–C) groups is 1. The molecule has 1 N–H and O–H groups in total. The van der Waals surface area contributed by atoms with Crippen LogP contribution in [0.2, 0.25) is 0 Å². The largest absolute Gasteiger partial charge is 0.512 e. The third kappa shape index (κ3) is 3.41. The summed E-state index contributed by atoms with van der Waals surface area (Å²) in [5.74, 6) is 0.153. The Balaban J connectivity index is 2.55. The van der Waals surface area contributed by atoms with Crippen molar-refractivity contribution in [2.45, 2.75) is 47.0 Å². The van der Waals surface area contributed by atoms with Crippen LogP contribution < -0.4 is 0 Å². The lowest BCUT2D eigenvalue weighted by molar-refractivity contribution is -0.117. The number of rotatable bonds is 2. The number of ketones is 1. The van der Waals surface area contributed by atoms with Crippen molar-refractivity contribution < 1.29 is 9.90 Å². The molecule has 1 fully saturated rings. The highest BCUT2D eigenvalue weighted by Gasteiger charge is 2.36. The lowest BCUT2D eigenvalue weighted by Gasteiger charge is -2.31. The van der Waals surface area contributed by atoms with Crippen LogP contribution >= 0.6 is 0 Å². The smallest absolute Gasteiger partial charge is 0.168 e. The molecule has 2 rings (SSSR count). The van der Waals surface area contributed by atoms with Crippen molar-refractivity contribution in [1.82, 2.24) is 0 Å². The van der Waals surface area contributed by atoms with Gasteiger partial charge in [0.15, 0.2) is 5.78 Å². The van der Waals surface area contributed by atoms with Gasteiger partial charge in [0.1, 0.15) is 5.76 Å². The third-order valence-corrected chi connectivity index (χ3v) is 3.85. The first-order chi connectivity index (χ1) is 9.84. The summed E-state index contributed by atoms with van der Waals surface area (Å²) in [6.07, 6.45) is 1.61. The van der Waals surface area contributed by atoms with Gasteiger partial charge in [0, 0.05) is 12.8 Å². The quantitative estimate of drug-likeness (QED) is 0.633. The fraction of sp³-hybridized carbons (Fsp3) is 0.444. The van der Waals surface area contributed by atoms with Crippen LogP contribution in [-0.4, -0.2) is 16.6 Å². The standard InChI is InChI=1S/C18H23NO2/c1-5-15(20)17-14(10-18(3,4)11-16(17)21)19-13-9-7-6-8-12(13)2/h6-9,20H,5,10-11H2,1-4H3. The van der Waals surface area contributed by atoms with Crippen LogP contribution in [0.4, 0.5) is 5.69 Å². The molecular weight excluding hydrogens is 262 g/mol. The Bertz CT molecular complexity index is 624. The van der Waals surface area contributed by atoms with Crippen LogP contribution in [-0.2, 0) is 4.79 Å². The SMILES string of the molecule is CCC(O)=C1C(=O)CC(C)(C)CC1=Nc1ccccc1C. The number of hydrogen-bond donors (Lipinski definition) is 1. The van der Waals surface area contributed by atoms with Gasteiger partial charge in [-0.3, -0.25) is 9.79 Å². The molecular formula is C18H23NO2. The van der Waals surface area contributed by atoms with E-state index < -0.39 is 0 Å². The van der Waals surface area contributed by atoms with E-state index in [1.54, 1.807) is 0 Å². The van der Waals surface area contributed by atoms with Crippen LogP contribution in [0.5, 0.6) is 0 Å². The number of aryl methyl sites for hydroxylation is 1. The molecule has 0 saturated heterocycles. The molecule has 0 aliphatic heterocycles. The first-order valence-electron chi connectivity index (χ1n) is 7.43. The maximum absolute atomic E-state index is 12.4. The first kappa shape index (κ1) is 15.5. The van der Waals surface area contributed by atoms with Gasteiger partial charge in [-0.1, -0.05) is 39.0 Å². The van der Waals surface area contributed by atoms with Gasteiger partial charge in [-0.25, -0.2) is 0 Å². The van der Waals surface area contributed by atoms with Crippen molar-refractivity contribution in [2.75, 3.05) is 0 Å². The van der Waals surface area contributed by atoms with Gasteiger partial charge in [0.25, 0.3) is 0 Å². The molecule has 0 atom stereocenters. The van der Waals surface area contributed by atoms with Gasteiger partial charge >= 0.3 is 0 Å². The molecule has 0 bridgehead atoms. The summed E-state index contributed by atoms with van der Waals surface area (Å²) < 4.78 is 0. The topological polar surface area (TPSA) is 49.7 Å². The van der Waals surface area contributed by atoms with Crippen molar-refractivity contribution in [3.05, 3.63) is 41.2 Å². The highest BCUT2D eigenvalue weighted by Crippen LogP contribution is 2.36. The molecule has 1 aromatic carbocycles. The zero-order valence-corrected chi connectivity index (χ0v) is 13.2. The minimum Gasteiger partial charge on any atom is -0.512 e. The Kier molecular flexibility index (Phi) is 4.31. The van der Waals surface area contributed by atoms with Crippen LogP contribution in [0.3, 0.4) is 0 Å². The second kappa shape index (κ2) is 5.84. The van der Waals surface area contributed by atoms with Crippen molar-refractivity contribution in [3.63, 3.8) is 0 Å². The highest BCUT2D eigenvalue weighted by molar-refractivity contribution is 6.25. The normalized spacial score (nSPS) is 22.5. The molecule has 1 aliphatic rings. The number of carbonyl (C=O) groups is 1. The molecule has 0 unspecified atom stereocenters. The Labute approximate surface area is 126 Å². The summed E-state index contributed by atoms with van der Waals surface area (Å²) in [5.41, 5.74) is 2.95. The van der Waals surface area contributed by atoms with Crippen molar-refractivity contribution in [1.29, 1.82) is 0 Å². The van der Waals surface area contributed by atoms with Gasteiger partial charge in [0.05, 0.1) is 17.0 Å². The zero-order valence-electron chi connectivity index (χ0n) is 13.2. The van der Waals surface area contributed by atoms with Gasteiger partial charge in [-0.2, -0.15) is 0 Å². The van der Waals surface area contributed by atoms with Gasteiger partial charge in [-0.15, -0.1) is 0 Å². The molecule has 1 aliphatic carbocycles. The van der Waals surface area contributed by atoms with E-state index in [0.717, 1.165) is 11.3 Å². The Morgan fingerprint density at radius 3 is 2.57 bits per heavy atom. The van der Waals surface area contributed by atoms with E-state index in [0.29, 0.717) is 30.5 Å². The number of nitrogens with zero attached hydrogens (tertiary/aromatic N) is 1. The summed E-state index contributed by atoms with van der Waals surface area (Å²) in [6.45, 7) is 7.98. The molecule has 3 heteroatoms. The minimum absolute atomic E-state index is 0.00191. The number of para-hydroxylation sites is 1. The number of aliphatic hydroxyl groups excluding tert-OH is 1. The average molecular weight is 285 g/mol. The van der Waals surface area contributed by atoms with Crippen molar-refractivity contribution in [2.24, 2.45) is 10.4 Å². The summed E-state index contributed by atoms with van der Waals surface area (Å²) in [7, 11) is 0. The molecule has 0 spiro atoms. The molecule has 0 aromatic heterocycles. The van der Waals surface area contributed by atoms with E-state index in [-0.39, 0.29) is 17.0 Å². The monoisotopic (exact) mass is 285 g/mol. The number of Topliss-reactive ketones (excluding diaryl/α,β-unsaturated/α-hetero) is 1. The summed E-state index contributed by atoms with van der Waals surface area (Å²) in [6, 6.07) is 7.84. The van der Waals surface area contributed by atoms with E-state index >= 15 is 0 Å². The van der Waals surface area contributed by atoms with E-state index in [2.05, 4.69) is 13.8 Å². The Morgan fingerprint density at radius 1 is 1.29 bits per heavy atom. The molecule has 3 nitrogen and oxygen atoms in total. The van der Waals surface area contributed by atoms with E-state index in [1.165, 1.54) is 0 Å². The van der Waals surface area contributed by atoms with Gasteiger partial charge in [-0.05, 0) is 30.4 Å². The third-order valence-electron chi connectivity index (χ3n) is 3.85. The molecule has 1 aromatic rings. The summed E-state index contributed by atoms with van der Waals surface area (Å²) in [5, 5.41) is 10.1. The molecule has 0 radical (unpaired) electrons. The van der Waals surface area contributed by atoms with E-state index in [1.807, 2.05) is 38.1 Å². The summed E-state index contributed by atoms with van der Waals surface area (Å²) >= 11 is 0. The highest BCUT2D eigenvalue weighted by atomic mass is 16.3. The molecule has 21 heavy (non-hydrogen) atoms. The molecule has 1 saturated carbocycles. The lowest BCUT2D eigenvalue weighted by atomic mass is 9.73. The predicted molar refractivity (Wildman–Crippen MR) is 86.2 cm³/mol. The zero-order chi connectivity index (χ0) is 15.6. The maximum Gasteiger partial charge on any atom is 0.168 e. The van der Waals surface area contributed by atoms with E-state index in [4.69, 9.17) is 4.99 Å². The number of hydrogen-bond acceptors (Lipinski definition) is 3. The number of carbonyl (C=O) groups excluding carboxylic acids is 1. The molecule has 0 amide bonds. The van der Waals surface area contributed by atoms with E-state index in [9.17, 15) is 9.90 Å². The van der Waals surface area contributed by atoms with Crippen LogP contribution in [0, 0.1) is 12.3 Å². The first-order valence-corrected chi connectivity index (χ1v) is 7.43. The molecule has 0 heterocycles. The van der Waals surface area contributed by atoms with Crippen molar-refractivity contribution in [3.8, 4) is 0 Å². The predicted octanol–water partition coefficient (Wildman–Crippen LogP) is 4.68. The minimum atomic E-state index is -0.115. The van der Waals surface area contributed by atoms with Crippen LogP contribution in [0.1, 0.15) is 45.6 Å². The number of allylic oxidation sites excluding steroid dienone is 2. The number of aliphatic hydroxyl groups is 1. The lowest BCUT2D eigenvalue weighted by Crippen LogP contribution is -2.32. The second-order valence-electron chi connectivity index (χ2n) is 6.46. The molecule has 112 valence electrons. The fourth-order valence-electron chi connectivity index (χ4n) is 2.72. The van der Waals surface area contributed by atoms with Crippen LogP contribution in [0.15, 0.2) is 40.6 Å². The van der Waals surface area contributed by atoms with Gasteiger partial charge < -0.3 is 5.11 Å². The Morgan fingerprint density at radius 2 is 1.95 bits per heavy atom.